The molecule has 0 amide bonds. The summed E-state index contributed by atoms with van der Waals surface area (Å²) in [6, 6.07) is 53.4. The molecule has 16 bridgehead atoms. The number of halogens is 24. The van der Waals surface area contributed by atoms with Crippen LogP contribution in [0.15, 0.2) is 195 Å². The van der Waals surface area contributed by atoms with Crippen molar-refractivity contribution < 1.29 is 119 Å². The monoisotopic (exact) mass is 1250 g/mol. The first-order valence-corrected chi connectivity index (χ1v) is 30.2. The molecule has 4 aromatic carbocycles. The van der Waals surface area contributed by atoms with Crippen molar-refractivity contribution in [1.29, 1.82) is 0 Å². The summed E-state index contributed by atoms with van der Waals surface area (Å²) in [5, 5.41) is 0. The Hall–Kier alpha value is -6.48. The first-order chi connectivity index (χ1) is 35.5. The zero-order valence-corrected chi connectivity index (χ0v) is 43.5. The fourth-order valence-electron chi connectivity index (χ4n) is 7.10. The van der Waals surface area contributed by atoms with Gasteiger partial charge in [0.25, 0.3) is 0 Å². The Labute approximate surface area is 437 Å². The van der Waals surface area contributed by atoms with E-state index in [1.807, 2.05) is 0 Å². The van der Waals surface area contributed by atoms with Crippen molar-refractivity contribution in [2.45, 2.75) is 26.2 Å². The Kier molecular flexibility index (Phi) is 15.8. The van der Waals surface area contributed by atoms with E-state index in [1.54, 1.807) is 0 Å². The molecule has 8 aromatic rings. The molecule has 32 heteroatoms. The summed E-state index contributed by atoms with van der Waals surface area (Å²) < 4.78 is 246. The largest absolute Gasteiger partial charge is 0.201 e. The minimum Gasteiger partial charge on any atom is -0.201 e. The molecular formula is C48H40F24N4P4. The molecule has 0 spiro atoms. The van der Waals surface area contributed by atoms with Crippen LogP contribution in [-0.2, 0) is 26.2 Å². The van der Waals surface area contributed by atoms with Crippen molar-refractivity contribution in [3.05, 3.63) is 217 Å². The van der Waals surface area contributed by atoms with E-state index in [0.29, 0.717) is 0 Å². The van der Waals surface area contributed by atoms with Gasteiger partial charge in [0.2, 0.25) is 0 Å². The predicted molar refractivity (Wildman–Crippen MR) is 259 cm³/mol. The normalized spacial score (nSPS) is 16.1. The van der Waals surface area contributed by atoms with E-state index in [2.05, 4.69) is 213 Å². The maximum Gasteiger partial charge on any atom is 0.173 e. The van der Waals surface area contributed by atoms with Gasteiger partial charge in [0.1, 0.15) is 0 Å². The zero-order valence-electron chi connectivity index (χ0n) is 40.0. The van der Waals surface area contributed by atoms with Gasteiger partial charge in [-0.25, -0.2) is 18.3 Å². The van der Waals surface area contributed by atoms with Gasteiger partial charge in [0, 0.05) is 70.8 Å². The van der Waals surface area contributed by atoms with E-state index >= 15 is 0 Å². The molecule has 4 aromatic heterocycles. The Morgan fingerprint density at radius 3 is 0.525 bits per heavy atom. The van der Waals surface area contributed by atoms with Crippen LogP contribution in [0.1, 0.15) is 22.3 Å². The van der Waals surface area contributed by atoms with Gasteiger partial charge in [-0.3, -0.25) is 0 Å². The van der Waals surface area contributed by atoms with E-state index < -0.39 is 31.2 Å². The smallest absolute Gasteiger partial charge is 0.173 e. The topological polar surface area (TPSA) is 15.5 Å². The molecule has 19 rings (SSSR count). The van der Waals surface area contributed by atoms with Crippen molar-refractivity contribution in [1.82, 2.24) is 0 Å². The van der Waals surface area contributed by atoms with Gasteiger partial charge < -0.3 is 0 Å². The molecule has 11 aliphatic heterocycles. The molecule has 0 saturated heterocycles. The van der Waals surface area contributed by atoms with Gasteiger partial charge in [-0.2, -0.15) is 0 Å². The summed E-state index contributed by atoms with van der Waals surface area (Å²) in [6.07, 6.45) is 17.4. The average Bonchev–Trinajstić information content (AvgIpc) is 3.27. The number of benzene rings is 4. The first-order valence-electron chi connectivity index (χ1n) is 22.1. The second-order valence-electron chi connectivity index (χ2n) is 17.7. The standard InChI is InChI=1S/C48H40N4.4F6P/c1-2-47-32-48(3-1)42-14-10-40(11-15-42)36-52-30-22-46(23-31-52)44-18-26-50(27-19-44)34-38-6-4-37(5-7-38)33-49-24-16-43(17-25-49)45-20-28-51(29-21-45)35-39-8-12-41(47)13-9-39;4*1-7(2,3,4,5)6/h1-32H,33-36H2;;;;/q+4;4*-1. The second kappa shape index (κ2) is 19.6. The van der Waals surface area contributed by atoms with Crippen LogP contribution in [0.5, 0.6) is 0 Å². The average molecular weight is 1250 g/mol. The molecule has 440 valence electrons. The molecule has 80 heavy (non-hydrogen) atoms. The molecule has 0 aliphatic carbocycles. The van der Waals surface area contributed by atoms with Crippen molar-refractivity contribution in [2.24, 2.45) is 0 Å². The van der Waals surface area contributed by atoms with E-state index in [-0.39, 0.29) is 0 Å². The van der Waals surface area contributed by atoms with Crippen LogP contribution >= 0.6 is 31.2 Å². The van der Waals surface area contributed by atoms with Crippen LogP contribution in [0.4, 0.5) is 101 Å². The van der Waals surface area contributed by atoms with E-state index in [9.17, 15) is 101 Å². The molecular weight excluding hydrogens is 1210 g/mol. The molecule has 15 heterocycles. The summed E-state index contributed by atoms with van der Waals surface area (Å²) >= 11 is 0. The van der Waals surface area contributed by atoms with Gasteiger partial charge in [-0.05, 0) is 50.6 Å². The molecule has 0 unspecified atom stereocenters. The maximum atomic E-state index is 9.87. The van der Waals surface area contributed by atoms with Crippen LogP contribution in [0.2, 0.25) is 0 Å². The zero-order chi connectivity index (χ0) is 60.3. The summed E-state index contributed by atoms with van der Waals surface area (Å²) in [5.74, 6) is 0. The van der Waals surface area contributed by atoms with E-state index in [4.69, 9.17) is 0 Å². The third-order valence-corrected chi connectivity index (χ3v) is 10.2. The summed E-state index contributed by atoms with van der Waals surface area (Å²) in [4.78, 5) is 0. The number of nitrogens with zero attached hydrogens (tertiary/aromatic N) is 4. The minimum absolute atomic E-state index is 0.827. The molecule has 0 N–H and O–H groups in total. The van der Waals surface area contributed by atoms with Gasteiger partial charge in [-0.15, -0.1) is 0 Å². The van der Waals surface area contributed by atoms with Crippen LogP contribution < -0.4 is 18.3 Å². The fraction of sp³-hybridized carbons (Fsp3) is 0.0833. The number of hydrogen-bond acceptors (Lipinski definition) is 0. The molecule has 0 radical (unpaired) electrons. The van der Waals surface area contributed by atoms with Crippen LogP contribution in [-0.4, -0.2) is 0 Å². The third kappa shape index (κ3) is 31.9. The number of pyridine rings is 4. The first kappa shape index (κ1) is 64.3. The minimum atomic E-state index is -10.7. The summed E-state index contributed by atoms with van der Waals surface area (Å²) in [7, 11) is -42.6. The van der Waals surface area contributed by atoms with Gasteiger partial charge in [-0.1, -0.05) is 91.0 Å². The SMILES string of the molecule is F[P-](F)(F)(F)(F)F.F[P-](F)(F)(F)(F)F.F[P-](F)(F)(F)(F)F.F[P-](F)(F)(F)(F)F.c1cc2cc(c1)-c1ccc(cc1)C[n+]1ccc(cc1)-c1cc[n+](cc1)Cc1ccc(cc1)C[n+]1ccc(cc1)-c1cc[n+](cc1)Cc1ccc-2cc1. The van der Waals surface area contributed by atoms with Crippen LogP contribution in [0, 0.1) is 0 Å². The third-order valence-electron chi connectivity index (χ3n) is 10.2. The van der Waals surface area contributed by atoms with Crippen LogP contribution in [0.25, 0.3) is 44.5 Å². The quantitative estimate of drug-likeness (QED) is 0.0817. The van der Waals surface area contributed by atoms with E-state index in [0.717, 1.165) is 26.2 Å². The molecule has 0 fully saturated rings. The Morgan fingerprint density at radius 1 is 0.200 bits per heavy atom. The van der Waals surface area contributed by atoms with Gasteiger partial charge >= 0.3 is 132 Å². The second-order valence-corrected chi connectivity index (χ2v) is 25.3. The predicted octanol–water partition coefficient (Wildman–Crippen LogP) is 21.5. The number of fused-ring (bicyclic) bond motifs is 1. The Bertz CT molecular complexity index is 3090. The van der Waals surface area contributed by atoms with E-state index in [1.165, 1.54) is 66.8 Å². The molecule has 11 aliphatic rings. The Balaban J connectivity index is 0.000000346. The van der Waals surface area contributed by atoms with Crippen LogP contribution in [0.3, 0.4) is 0 Å². The maximum absolute atomic E-state index is 10.7. The number of hydrogen-bond donors (Lipinski definition) is 0. The number of rotatable bonds is 0. The summed E-state index contributed by atoms with van der Waals surface area (Å²) in [6.45, 7) is 3.33. The van der Waals surface area contributed by atoms with Gasteiger partial charge in [0.05, 0.1) is 0 Å². The molecule has 0 atom stereocenters. The van der Waals surface area contributed by atoms with Crippen molar-refractivity contribution in [2.75, 3.05) is 0 Å². The van der Waals surface area contributed by atoms with Crippen molar-refractivity contribution in [3.63, 3.8) is 0 Å². The van der Waals surface area contributed by atoms with Crippen molar-refractivity contribution in [3.8, 4) is 44.5 Å². The van der Waals surface area contributed by atoms with Gasteiger partial charge in [0.15, 0.2) is 75.8 Å². The summed E-state index contributed by atoms with van der Waals surface area (Å²) in [5.41, 5.74) is 14.9. The molecule has 4 nitrogen and oxygen atoms in total. The molecule has 0 saturated carbocycles. The number of aromatic nitrogens is 4. The Morgan fingerprint density at radius 2 is 0.350 bits per heavy atom. The fourth-order valence-corrected chi connectivity index (χ4v) is 7.10. The van der Waals surface area contributed by atoms with Crippen molar-refractivity contribution >= 4 is 31.2 Å².